The zero-order chi connectivity index (χ0) is 22.2. The molecule has 0 saturated heterocycles. The summed E-state index contributed by atoms with van der Waals surface area (Å²) >= 11 is 0. The third-order valence-electron chi connectivity index (χ3n) is 3.08. The largest absolute Gasteiger partial charge is 0.420 e. The van der Waals surface area contributed by atoms with E-state index in [4.69, 9.17) is 4.11 Å². The SMILES string of the molecule is [2H]C([2H])([2H])N(C(=O)Oc1ccc(C(F)(F)F)cc1C(F)(F)F)c1ccc(F)cc1. The summed E-state index contributed by atoms with van der Waals surface area (Å²) in [6, 6.07) is 3.55. The first-order valence-corrected chi connectivity index (χ1v) is 6.67. The van der Waals surface area contributed by atoms with Crippen molar-refractivity contribution in [3.63, 3.8) is 0 Å². The fourth-order valence-electron chi connectivity index (χ4n) is 1.85. The van der Waals surface area contributed by atoms with Crippen molar-refractivity contribution in [1.82, 2.24) is 0 Å². The molecule has 3 nitrogen and oxygen atoms in total. The van der Waals surface area contributed by atoms with E-state index in [1.165, 1.54) is 0 Å². The Hall–Kier alpha value is -2.78. The molecule has 0 aliphatic carbocycles. The second-order valence-corrected chi connectivity index (χ2v) is 4.89. The van der Waals surface area contributed by atoms with Gasteiger partial charge in [0.2, 0.25) is 0 Å². The van der Waals surface area contributed by atoms with E-state index in [9.17, 15) is 35.5 Å². The Labute approximate surface area is 146 Å². The van der Waals surface area contributed by atoms with E-state index in [1.54, 1.807) is 0 Å². The van der Waals surface area contributed by atoms with Crippen molar-refractivity contribution < 1.29 is 44.4 Å². The molecule has 0 aliphatic heterocycles. The number of anilines is 1. The molecule has 2 aromatic carbocycles. The van der Waals surface area contributed by atoms with Crippen LogP contribution in [-0.4, -0.2) is 13.1 Å². The van der Waals surface area contributed by atoms with Crippen LogP contribution in [0.4, 0.5) is 41.2 Å². The molecular weight excluding hydrogens is 371 g/mol. The van der Waals surface area contributed by atoms with Crippen LogP contribution in [0.2, 0.25) is 0 Å². The van der Waals surface area contributed by atoms with E-state index < -0.39 is 53.8 Å². The molecule has 0 atom stereocenters. The van der Waals surface area contributed by atoms with Gasteiger partial charge in [-0.05, 0) is 42.5 Å². The molecule has 0 fully saturated rings. The number of ether oxygens (including phenoxy) is 1. The van der Waals surface area contributed by atoms with E-state index >= 15 is 0 Å². The van der Waals surface area contributed by atoms with Crippen LogP contribution in [0.25, 0.3) is 0 Å². The standard InChI is InChI=1S/C16H10F7NO2/c1-24(11-5-3-10(17)4-6-11)14(25)26-13-7-2-9(15(18,19)20)8-12(13)16(21,22)23/h2-8H,1H3/i1D3. The number of halogens is 7. The van der Waals surface area contributed by atoms with Crippen molar-refractivity contribution in [2.75, 3.05) is 11.9 Å². The number of amides is 1. The molecule has 0 unspecified atom stereocenters. The number of rotatable bonds is 2. The zero-order valence-electron chi connectivity index (χ0n) is 15.5. The van der Waals surface area contributed by atoms with Gasteiger partial charge in [-0.1, -0.05) is 0 Å². The molecule has 0 spiro atoms. The van der Waals surface area contributed by atoms with Gasteiger partial charge in [0.1, 0.15) is 11.6 Å². The first-order valence-electron chi connectivity index (χ1n) is 8.17. The highest BCUT2D eigenvalue weighted by atomic mass is 19.4. The van der Waals surface area contributed by atoms with Crippen molar-refractivity contribution in [2.45, 2.75) is 12.4 Å². The molecule has 2 rings (SSSR count). The molecule has 0 aliphatic rings. The van der Waals surface area contributed by atoms with Crippen molar-refractivity contribution in [3.8, 4) is 5.75 Å². The molecule has 0 aromatic heterocycles. The lowest BCUT2D eigenvalue weighted by Crippen LogP contribution is -2.30. The van der Waals surface area contributed by atoms with Crippen LogP contribution in [-0.2, 0) is 12.4 Å². The van der Waals surface area contributed by atoms with Gasteiger partial charge in [0.25, 0.3) is 0 Å². The summed E-state index contributed by atoms with van der Waals surface area (Å²) in [6.07, 6.45) is -12.3. The van der Waals surface area contributed by atoms with Crippen LogP contribution in [0.1, 0.15) is 15.2 Å². The highest BCUT2D eigenvalue weighted by Gasteiger charge is 2.39. The summed E-state index contributed by atoms with van der Waals surface area (Å²) in [7, 11) is 0. The van der Waals surface area contributed by atoms with Gasteiger partial charge in [-0.25, -0.2) is 9.18 Å². The van der Waals surface area contributed by atoms with Gasteiger partial charge in [0.15, 0.2) is 0 Å². The Balaban J connectivity index is 2.47. The van der Waals surface area contributed by atoms with Crippen molar-refractivity contribution >= 4 is 11.8 Å². The van der Waals surface area contributed by atoms with E-state index in [-0.39, 0.29) is 23.1 Å². The number of hydrogen-bond acceptors (Lipinski definition) is 2. The van der Waals surface area contributed by atoms with Crippen molar-refractivity contribution in [3.05, 3.63) is 59.4 Å². The van der Waals surface area contributed by atoms with Crippen LogP contribution >= 0.6 is 0 Å². The van der Waals surface area contributed by atoms with Gasteiger partial charge in [0.05, 0.1) is 11.1 Å². The third-order valence-corrected chi connectivity index (χ3v) is 3.08. The van der Waals surface area contributed by atoms with Gasteiger partial charge >= 0.3 is 18.4 Å². The highest BCUT2D eigenvalue weighted by molar-refractivity contribution is 5.88. The summed E-state index contributed by atoms with van der Waals surface area (Å²) in [4.78, 5) is 12.2. The van der Waals surface area contributed by atoms with Crippen molar-refractivity contribution in [1.29, 1.82) is 0 Å². The van der Waals surface area contributed by atoms with E-state index in [0.29, 0.717) is 0 Å². The molecule has 0 saturated carbocycles. The number of nitrogens with zero attached hydrogens (tertiary/aromatic N) is 1. The summed E-state index contributed by atoms with van der Waals surface area (Å²) in [5.41, 5.74) is -4.00. The topological polar surface area (TPSA) is 29.5 Å². The molecular formula is C16H10F7NO2. The number of benzene rings is 2. The highest BCUT2D eigenvalue weighted by Crippen LogP contribution is 2.40. The Kier molecular flexibility index (Phi) is 4.08. The Morgan fingerprint density at radius 1 is 1.00 bits per heavy atom. The summed E-state index contributed by atoms with van der Waals surface area (Å²) in [6.45, 7) is -3.25. The lowest BCUT2D eigenvalue weighted by Gasteiger charge is -2.19. The minimum atomic E-state index is -5.34. The quantitative estimate of drug-likeness (QED) is 0.640. The van der Waals surface area contributed by atoms with Crippen molar-refractivity contribution in [2.24, 2.45) is 0 Å². The molecule has 0 bridgehead atoms. The minimum Gasteiger partial charge on any atom is -0.409 e. The maximum Gasteiger partial charge on any atom is 0.420 e. The molecule has 140 valence electrons. The zero-order valence-corrected chi connectivity index (χ0v) is 12.5. The molecule has 0 N–H and O–H groups in total. The van der Waals surface area contributed by atoms with Crippen LogP contribution in [0.5, 0.6) is 5.75 Å². The Morgan fingerprint density at radius 3 is 2.12 bits per heavy atom. The second kappa shape index (κ2) is 6.85. The smallest absolute Gasteiger partial charge is 0.409 e. The van der Waals surface area contributed by atoms with Gasteiger partial charge < -0.3 is 4.74 Å². The molecule has 26 heavy (non-hydrogen) atoms. The average Bonchev–Trinajstić information content (AvgIpc) is 2.54. The maximum absolute atomic E-state index is 13.1. The predicted molar refractivity (Wildman–Crippen MR) is 77.3 cm³/mol. The fourth-order valence-corrected chi connectivity index (χ4v) is 1.85. The maximum atomic E-state index is 13.1. The lowest BCUT2D eigenvalue weighted by molar-refractivity contribution is -0.143. The number of hydrogen-bond donors (Lipinski definition) is 0. The normalized spacial score (nSPS) is 14.2. The fraction of sp³-hybridized carbons (Fsp3) is 0.188. The average molecular weight is 384 g/mol. The Morgan fingerprint density at radius 2 is 1.62 bits per heavy atom. The molecule has 2 aromatic rings. The summed E-state index contributed by atoms with van der Waals surface area (Å²) < 4.78 is 117. The first kappa shape index (κ1) is 15.5. The predicted octanol–water partition coefficient (Wildman–Crippen LogP) is 5.50. The molecule has 0 radical (unpaired) electrons. The van der Waals surface area contributed by atoms with Crippen LogP contribution in [0.3, 0.4) is 0 Å². The van der Waals surface area contributed by atoms with Crippen LogP contribution in [0.15, 0.2) is 42.5 Å². The first-order chi connectivity index (χ1) is 13.1. The summed E-state index contributed by atoms with van der Waals surface area (Å²) in [5.74, 6) is -2.11. The van der Waals surface area contributed by atoms with E-state index in [0.717, 1.165) is 24.3 Å². The van der Waals surface area contributed by atoms with Crippen LogP contribution in [0, 0.1) is 5.82 Å². The van der Waals surface area contributed by atoms with E-state index in [1.807, 2.05) is 0 Å². The third kappa shape index (κ3) is 4.44. The van der Waals surface area contributed by atoms with Gasteiger partial charge in [-0.2, -0.15) is 26.3 Å². The number of carbonyl (C=O) groups is 1. The molecule has 0 heterocycles. The molecule has 10 heteroatoms. The lowest BCUT2D eigenvalue weighted by atomic mass is 10.1. The molecule has 1 amide bonds. The Bertz CT molecular complexity index is 893. The summed E-state index contributed by atoms with van der Waals surface area (Å²) in [5, 5.41) is 0. The number of alkyl halides is 6. The van der Waals surface area contributed by atoms with Gasteiger partial charge in [-0.15, -0.1) is 0 Å². The van der Waals surface area contributed by atoms with Crippen LogP contribution < -0.4 is 9.64 Å². The van der Waals surface area contributed by atoms with Gasteiger partial charge in [0, 0.05) is 16.8 Å². The number of carbonyl (C=O) groups excluding carboxylic acids is 1. The van der Waals surface area contributed by atoms with E-state index in [2.05, 4.69) is 4.74 Å². The van der Waals surface area contributed by atoms with Gasteiger partial charge in [-0.3, -0.25) is 4.90 Å². The monoisotopic (exact) mass is 384 g/mol. The minimum absolute atomic E-state index is 0.0374. The second-order valence-electron chi connectivity index (χ2n) is 4.89.